The number of pyridine rings is 1. The van der Waals surface area contributed by atoms with Crippen LogP contribution in [0.3, 0.4) is 0 Å². The average Bonchev–Trinajstić information content (AvgIpc) is 3.40. The number of nitrogens with one attached hydrogen (secondary N) is 1. The minimum atomic E-state index is -1.39. The highest BCUT2D eigenvalue weighted by atomic mass is 16.8. The maximum Gasteiger partial charge on any atom is 0.407 e. The Balaban J connectivity index is 1.63. The van der Waals surface area contributed by atoms with Crippen LogP contribution in [0.4, 0.5) is 4.79 Å². The topological polar surface area (TPSA) is 86.8 Å². The Morgan fingerprint density at radius 2 is 1.89 bits per heavy atom. The zero-order chi connectivity index (χ0) is 26.3. The molecule has 0 unspecified atom stereocenters. The van der Waals surface area contributed by atoms with Crippen molar-refractivity contribution in [2.24, 2.45) is 17.8 Å². The molecule has 0 aromatic carbocycles. The smallest absolute Gasteiger partial charge is 0.407 e. The average molecular weight is 501 g/mol. The SMILES string of the molecule is CC(C)C[C@H](NC(=O)OC(C)(C)C)[C@@]1(Cc2nccc3c2C[C@H](CCC2CC2)C3)OC(C)(C)OC1=O. The molecule has 1 aliphatic heterocycles. The number of amides is 1. The summed E-state index contributed by atoms with van der Waals surface area (Å²) >= 11 is 0. The number of hydrogen-bond donors (Lipinski definition) is 1. The van der Waals surface area contributed by atoms with E-state index in [4.69, 9.17) is 19.2 Å². The third-order valence-electron chi connectivity index (χ3n) is 7.43. The number of nitrogens with zero attached hydrogens (tertiary/aromatic N) is 1. The Morgan fingerprint density at radius 3 is 2.47 bits per heavy atom. The molecule has 4 rings (SSSR count). The number of hydrogen-bond acceptors (Lipinski definition) is 6. The van der Waals surface area contributed by atoms with E-state index in [9.17, 15) is 9.59 Å². The first-order valence-corrected chi connectivity index (χ1v) is 13.6. The van der Waals surface area contributed by atoms with Crippen LogP contribution in [-0.2, 0) is 38.3 Å². The molecule has 3 aliphatic rings. The summed E-state index contributed by atoms with van der Waals surface area (Å²) in [4.78, 5) is 31.2. The van der Waals surface area contributed by atoms with Gasteiger partial charge in [0.25, 0.3) is 0 Å². The van der Waals surface area contributed by atoms with Gasteiger partial charge in [-0.1, -0.05) is 33.1 Å². The molecule has 1 amide bonds. The van der Waals surface area contributed by atoms with Crippen molar-refractivity contribution < 1.29 is 23.8 Å². The molecule has 7 heteroatoms. The van der Waals surface area contributed by atoms with Gasteiger partial charge >= 0.3 is 12.1 Å². The summed E-state index contributed by atoms with van der Waals surface area (Å²) in [6.45, 7) is 13.1. The first kappa shape index (κ1) is 26.9. The van der Waals surface area contributed by atoms with Gasteiger partial charge in [-0.25, -0.2) is 9.59 Å². The second kappa shape index (κ2) is 9.96. The number of cyclic esters (lactones) is 1. The minimum absolute atomic E-state index is 0.197. The van der Waals surface area contributed by atoms with Crippen molar-refractivity contribution in [2.45, 2.75) is 123 Å². The van der Waals surface area contributed by atoms with Crippen molar-refractivity contribution in [3.8, 4) is 0 Å². The summed E-state index contributed by atoms with van der Waals surface area (Å²) in [6.07, 6.45) is 9.41. The third-order valence-corrected chi connectivity index (χ3v) is 7.43. The molecule has 2 aliphatic carbocycles. The predicted molar refractivity (Wildman–Crippen MR) is 137 cm³/mol. The number of carbonyl (C=O) groups is 2. The van der Waals surface area contributed by atoms with Gasteiger partial charge in [0.1, 0.15) is 5.60 Å². The maximum absolute atomic E-state index is 13.6. The molecule has 2 heterocycles. The van der Waals surface area contributed by atoms with Crippen molar-refractivity contribution in [3.63, 3.8) is 0 Å². The molecule has 36 heavy (non-hydrogen) atoms. The standard InChI is InChI=1S/C29H44N2O5/c1-18(2)14-24(31-26(33)35-27(3,4)5)29(25(32)34-28(6,7)36-29)17-23-22-16-20(11-10-19-8-9-19)15-21(22)12-13-30-23/h12-13,18-20,24H,8-11,14-17H2,1-7H3,(H,31,33)/t20-,24+,29-/m1/s1. The minimum Gasteiger partial charge on any atom is -0.444 e. The molecule has 1 aromatic heterocycles. The Labute approximate surface area is 216 Å². The van der Waals surface area contributed by atoms with E-state index in [0.29, 0.717) is 12.3 Å². The van der Waals surface area contributed by atoms with Crippen LogP contribution in [0, 0.1) is 17.8 Å². The summed E-state index contributed by atoms with van der Waals surface area (Å²) in [5, 5.41) is 2.98. The van der Waals surface area contributed by atoms with Gasteiger partial charge in [-0.05, 0) is 81.4 Å². The van der Waals surface area contributed by atoms with Gasteiger partial charge < -0.3 is 19.5 Å². The number of carbonyl (C=O) groups excluding carboxylic acids is 2. The van der Waals surface area contributed by atoms with Crippen LogP contribution < -0.4 is 5.32 Å². The largest absolute Gasteiger partial charge is 0.444 e. The summed E-state index contributed by atoms with van der Waals surface area (Å²) in [7, 11) is 0. The highest BCUT2D eigenvalue weighted by Gasteiger charge is 2.59. The fraction of sp³-hybridized carbons (Fsp3) is 0.759. The molecule has 0 radical (unpaired) electrons. The molecule has 0 bridgehead atoms. The van der Waals surface area contributed by atoms with E-state index in [0.717, 1.165) is 24.5 Å². The van der Waals surface area contributed by atoms with Gasteiger partial charge in [-0.3, -0.25) is 4.98 Å². The highest BCUT2D eigenvalue weighted by molar-refractivity contribution is 5.84. The number of alkyl carbamates (subject to hydrolysis) is 1. The molecule has 0 spiro atoms. The van der Waals surface area contributed by atoms with Crippen LogP contribution in [0.5, 0.6) is 0 Å². The van der Waals surface area contributed by atoms with Crippen molar-refractivity contribution in [3.05, 3.63) is 29.1 Å². The normalized spacial score (nSPS) is 26.0. The molecular weight excluding hydrogens is 456 g/mol. The van der Waals surface area contributed by atoms with E-state index >= 15 is 0 Å². The van der Waals surface area contributed by atoms with E-state index in [2.05, 4.69) is 25.2 Å². The van der Waals surface area contributed by atoms with Crippen molar-refractivity contribution in [1.82, 2.24) is 10.3 Å². The molecule has 1 saturated carbocycles. The van der Waals surface area contributed by atoms with E-state index in [1.807, 2.05) is 27.0 Å². The highest BCUT2D eigenvalue weighted by Crippen LogP contribution is 2.42. The second-order valence-corrected chi connectivity index (χ2v) is 13.0. The molecule has 1 aromatic rings. The van der Waals surface area contributed by atoms with Gasteiger partial charge in [0.2, 0.25) is 5.79 Å². The monoisotopic (exact) mass is 500 g/mol. The first-order chi connectivity index (χ1) is 16.8. The quantitative estimate of drug-likeness (QED) is 0.450. The van der Waals surface area contributed by atoms with Crippen LogP contribution in [0.1, 0.15) is 97.4 Å². The van der Waals surface area contributed by atoms with Crippen LogP contribution >= 0.6 is 0 Å². The van der Waals surface area contributed by atoms with Gasteiger partial charge in [0.05, 0.1) is 6.04 Å². The molecule has 3 atom stereocenters. The predicted octanol–water partition coefficient (Wildman–Crippen LogP) is 5.52. The van der Waals surface area contributed by atoms with Gasteiger partial charge in [-0.2, -0.15) is 0 Å². The number of fused-ring (bicyclic) bond motifs is 1. The van der Waals surface area contributed by atoms with Gasteiger partial charge in [-0.15, -0.1) is 0 Å². The molecule has 1 N–H and O–H groups in total. The number of aromatic nitrogens is 1. The zero-order valence-electron chi connectivity index (χ0n) is 23.1. The first-order valence-electron chi connectivity index (χ1n) is 13.6. The van der Waals surface area contributed by atoms with Crippen molar-refractivity contribution in [2.75, 3.05) is 0 Å². The molecular formula is C29H44N2O5. The Morgan fingerprint density at radius 1 is 1.19 bits per heavy atom. The van der Waals surface area contributed by atoms with Crippen LogP contribution in [0.25, 0.3) is 0 Å². The third kappa shape index (κ3) is 6.39. The number of rotatable bonds is 9. The molecule has 200 valence electrons. The van der Waals surface area contributed by atoms with Crippen molar-refractivity contribution >= 4 is 12.1 Å². The number of ether oxygens (including phenoxy) is 3. The van der Waals surface area contributed by atoms with E-state index in [1.165, 1.54) is 36.8 Å². The lowest BCUT2D eigenvalue weighted by atomic mass is 9.82. The number of esters is 1. The van der Waals surface area contributed by atoms with Crippen LogP contribution in [0.2, 0.25) is 0 Å². The van der Waals surface area contributed by atoms with Crippen LogP contribution in [-0.4, -0.2) is 40.1 Å². The lowest BCUT2D eigenvalue weighted by Crippen LogP contribution is -2.59. The summed E-state index contributed by atoms with van der Waals surface area (Å²) in [6, 6.07) is 1.48. The van der Waals surface area contributed by atoms with E-state index in [1.54, 1.807) is 13.8 Å². The molecule has 1 saturated heterocycles. The lowest BCUT2D eigenvalue weighted by molar-refractivity contribution is -0.170. The summed E-state index contributed by atoms with van der Waals surface area (Å²) < 4.78 is 17.7. The fourth-order valence-corrected chi connectivity index (χ4v) is 5.72. The van der Waals surface area contributed by atoms with Crippen molar-refractivity contribution in [1.29, 1.82) is 0 Å². The molecule has 2 fully saturated rings. The van der Waals surface area contributed by atoms with E-state index in [-0.39, 0.29) is 12.3 Å². The second-order valence-electron chi connectivity index (χ2n) is 13.0. The van der Waals surface area contributed by atoms with Crippen LogP contribution in [0.15, 0.2) is 12.3 Å². The fourth-order valence-electron chi connectivity index (χ4n) is 5.72. The summed E-state index contributed by atoms with van der Waals surface area (Å²) in [5.41, 5.74) is 1.38. The zero-order valence-corrected chi connectivity index (χ0v) is 23.1. The Hall–Kier alpha value is -2.15. The van der Waals surface area contributed by atoms with Gasteiger partial charge in [0.15, 0.2) is 5.60 Å². The van der Waals surface area contributed by atoms with E-state index < -0.39 is 35.1 Å². The maximum atomic E-state index is 13.6. The molecule has 7 nitrogen and oxygen atoms in total. The Kier molecular flexibility index (Phi) is 7.44. The lowest BCUT2D eigenvalue weighted by Gasteiger charge is -2.36. The Bertz CT molecular complexity index is 978. The van der Waals surface area contributed by atoms with Gasteiger partial charge in [0, 0.05) is 32.2 Å². The summed E-state index contributed by atoms with van der Waals surface area (Å²) in [5.74, 6) is 0.181.